The zero-order valence-corrected chi connectivity index (χ0v) is 13.3. The van der Waals surface area contributed by atoms with E-state index >= 15 is 0 Å². The van der Waals surface area contributed by atoms with Gasteiger partial charge in [0.2, 0.25) is 11.8 Å². The molecule has 1 saturated carbocycles. The first-order chi connectivity index (χ1) is 11.1. The Kier molecular flexibility index (Phi) is 3.21. The van der Waals surface area contributed by atoms with Gasteiger partial charge in [0.15, 0.2) is 5.69 Å². The van der Waals surface area contributed by atoms with Crippen molar-refractivity contribution in [2.24, 2.45) is 5.92 Å². The highest BCUT2D eigenvalue weighted by atomic mass is 16.6. The maximum Gasteiger partial charge on any atom is 0.278 e. The molecule has 2 atom stereocenters. The minimum atomic E-state index is -0.207. The molecular formula is C15H19N5O3. The molecule has 0 aromatic carbocycles. The molecule has 0 unspecified atom stereocenters. The van der Waals surface area contributed by atoms with Gasteiger partial charge in [-0.3, -0.25) is 4.79 Å². The number of hydrogen-bond acceptors (Lipinski definition) is 7. The Morgan fingerprint density at radius 3 is 2.96 bits per heavy atom. The van der Waals surface area contributed by atoms with Crippen LogP contribution in [-0.4, -0.2) is 44.4 Å². The SMILES string of the molecule is CCc1nnc([C@]23CCC[C@H]2CN(C(=O)c2nonc2C)C3)o1. The number of rotatable bonds is 3. The minimum absolute atomic E-state index is 0.132. The molecule has 0 bridgehead atoms. The van der Waals surface area contributed by atoms with E-state index in [9.17, 15) is 4.79 Å². The number of nitrogens with zero attached hydrogens (tertiary/aromatic N) is 5. The number of hydrogen-bond donors (Lipinski definition) is 0. The van der Waals surface area contributed by atoms with Crippen molar-refractivity contribution in [3.05, 3.63) is 23.2 Å². The second-order valence-corrected chi connectivity index (χ2v) is 6.48. The third kappa shape index (κ3) is 2.08. The molecule has 2 aromatic heterocycles. The third-order valence-electron chi connectivity index (χ3n) is 5.21. The number of fused-ring (bicyclic) bond motifs is 1. The molecule has 1 amide bonds. The summed E-state index contributed by atoms with van der Waals surface area (Å²) in [5.74, 6) is 1.56. The van der Waals surface area contributed by atoms with E-state index < -0.39 is 0 Å². The maximum atomic E-state index is 12.7. The number of likely N-dealkylation sites (tertiary alicyclic amines) is 1. The monoisotopic (exact) mass is 317 g/mol. The number of aromatic nitrogens is 4. The quantitative estimate of drug-likeness (QED) is 0.846. The first-order valence-corrected chi connectivity index (χ1v) is 8.05. The number of carbonyl (C=O) groups is 1. The van der Waals surface area contributed by atoms with Crippen LogP contribution in [0.3, 0.4) is 0 Å². The second kappa shape index (κ2) is 5.14. The summed E-state index contributed by atoms with van der Waals surface area (Å²) in [4.78, 5) is 14.5. The molecule has 2 aliphatic rings. The number of aryl methyl sites for hydroxylation is 2. The number of carbonyl (C=O) groups excluding carboxylic acids is 1. The summed E-state index contributed by atoms with van der Waals surface area (Å²) in [6.07, 6.45) is 3.90. The van der Waals surface area contributed by atoms with E-state index in [0.717, 1.165) is 25.7 Å². The van der Waals surface area contributed by atoms with Crippen LogP contribution in [0.5, 0.6) is 0 Å². The lowest BCUT2D eigenvalue weighted by Crippen LogP contribution is -2.35. The summed E-state index contributed by atoms with van der Waals surface area (Å²) in [5, 5.41) is 15.8. The largest absolute Gasteiger partial charge is 0.425 e. The van der Waals surface area contributed by atoms with Gasteiger partial charge in [0.05, 0.1) is 5.41 Å². The molecule has 1 saturated heterocycles. The predicted molar refractivity (Wildman–Crippen MR) is 77.6 cm³/mol. The zero-order valence-electron chi connectivity index (χ0n) is 13.3. The Hall–Kier alpha value is -2.25. The Balaban J connectivity index is 1.63. The van der Waals surface area contributed by atoms with E-state index in [0.29, 0.717) is 42.2 Å². The lowest BCUT2D eigenvalue weighted by Gasteiger charge is -2.24. The van der Waals surface area contributed by atoms with E-state index in [4.69, 9.17) is 4.42 Å². The molecule has 4 rings (SSSR count). The highest BCUT2D eigenvalue weighted by Gasteiger charge is 2.55. The van der Waals surface area contributed by atoms with Crippen molar-refractivity contribution in [2.45, 2.75) is 44.9 Å². The van der Waals surface area contributed by atoms with Crippen LogP contribution in [-0.2, 0) is 11.8 Å². The molecule has 0 N–H and O–H groups in total. The molecular weight excluding hydrogens is 298 g/mol. The molecule has 0 radical (unpaired) electrons. The molecule has 3 heterocycles. The van der Waals surface area contributed by atoms with Crippen molar-refractivity contribution in [3.8, 4) is 0 Å². The number of amides is 1. The zero-order chi connectivity index (χ0) is 16.0. The van der Waals surface area contributed by atoms with Crippen LogP contribution in [0.2, 0.25) is 0 Å². The third-order valence-corrected chi connectivity index (χ3v) is 5.21. The van der Waals surface area contributed by atoms with Crippen LogP contribution in [0.25, 0.3) is 0 Å². The molecule has 2 aromatic rings. The van der Waals surface area contributed by atoms with Crippen molar-refractivity contribution in [1.29, 1.82) is 0 Å². The average Bonchev–Trinajstić information content (AvgIpc) is 3.28. The van der Waals surface area contributed by atoms with Crippen LogP contribution in [0.15, 0.2) is 9.05 Å². The highest BCUT2D eigenvalue weighted by molar-refractivity contribution is 5.93. The highest BCUT2D eigenvalue weighted by Crippen LogP contribution is 2.50. The van der Waals surface area contributed by atoms with Gasteiger partial charge in [-0.15, -0.1) is 10.2 Å². The second-order valence-electron chi connectivity index (χ2n) is 6.48. The average molecular weight is 317 g/mol. The van der Waals surface area contributed by atoms with Gasteiger partial charge < -0.3 is 9.32 Å². The molecule has 1 aliphatic heterocycles. The summed E-state index contributed by atoms with van der Waals surface area (Å²) < 4.78 is 10.5. The van der Waals surface area contributed by atoms with E-state index in [-0.39, 0.29) is 11.3 Å². The molecule has 122 valence electrons. The predicted octanol–water partition coefficient (Wildman–Crippen LogP) is 1.52. The topological polar surface area (TPSA) is 98.2 Å². The fraction of sp³-hybridized carbons (Fsp3) is 0.667. The normalized spacial score (nSPS) is 26.7. The van der Waals surface area contributed by atoms with Crippen molar-refractivity contribution in [3.63, 3.8) is 0 Å². The van der Waals surface area contributed by atoms with Gasteiger partial charge in [-0.1, -0.05) is 18.5 Å². The summed E-state index contributed by atoms with van der Waals surface area (Å²) in [6, 6.07) is 0. The van der Waals surface area contributed by atoms with E-state index in [2.05, 4.69) is 25.1 Å². The molecule has 8 heteroatoms. The summed E-state index contributed by atoms with van der Waals surface area (Å²) in [5.41, 5.74) is 0.605. The van der Waals surface area contributed by atoms with E-state index in [1.807, 2.05) is 11.8 Å². The molecule has 2 fully saturated rings. The van der Waals surface area contributed by atoms with Crippen molar-refractivity contribution < 1.29 is 13.8 Å². The molecule has 23 heavy (non-hydrogen) atoms. The Morgan fingerprint density at radius 2 is 2.26 bits per heavy atom. The summed E-state index contributed by atoms with van der Waals surface area (Å²) in [6.45, 7) is 5.00. The van der Waals surface area contributed by atoms with Gasteiger partial charge in [-0.05, 0) is 30.8 Å². The smallest absolute Gasteiger partial charge is 0.278 e. The van der Waals surface area contributed by atoms with E-state index in [1.54, 1.807) is 6.92 Å². The van der Waals surface area contributed by atoms with Crippen LogP contribution in [0.4, 0.5) is 0 Å². The Morgan fingerprint density at radius 1 is 1.39 bits per heavy atom. The maximum absolute atomic E-state index is 12.7. The lowest BCUT2D eigenvalue weighted by molar-refractivity contribution is 0.0764. The van der Waals surface area contributed by atoms with E-state index in [1.165, 1.54) is 0 Å². The van der Waals surface area contributed by atoms with Gasteiger partial charge in [0.1, 0.15) is 5.69 Å². The van der Waals surface area contributed by atoms with Crippen molar-refractivity contribution in [1.82, 2.24) is 25.4 Å². The van der Waals surface area contributed by atoms with Crippen LogP contribution < -0.4 is 0 Å². The van der Waals surface area contributed by atoms with Gasteiger partial charge in [-0.25, -0.2) is 4.63 Å². The standard InChI is InChI=1S/C15H19N5O3/c1-3-11-16-17-14(22-11)15-6-4-5-10(15)7-20(8-15)13(21)12-9(2)18-23-19-12/h10H,3-8H2,1-2H3/t10-,15-/m0/s1. The van der Waals surface area contributed by atoms with Crippen LogP contribution >= 0.6 is 0 Å². The summed E-state index contributed by atoms with van der Waals surface area (Å²) >= 11 is 0. The molecule has 1 aliphatic carbocycles. The summed E-state index contributed by atoms with van der Waals surface area (Å²) in [7, 11) is 0. The van der Waals surface area contributed by atoms with Gasteiger partial charge in [-0.2, -0.15) is 0 Å². The van der Waals surface area contributed by atoms with Crippen molar-refractivity contribution >= 4 is 5.91 Å². The Bertz CT molecular complexity index is 739. The fourth-order valence-electron chi connectivity index (χ4n) is 3.97. The molecule has 8 nitrogen and oxygen atoms in total. The Labute approximate surface area is 133 Å². The molecule has 0 spiro atoms. The van der Waals surface area contributed by atoms with Gasteiger partial charge in [0.25, 0.3) is 5.91 Å². The van der Waals surface area contributed by atoms with Crippen LogP contribution in [0, 0.1) is 12.8 Å². The van der Waals surface area contributed by atoms with Gasteiger partial charge in [0, 0.05) is 19.5 Å². The van der Waals surface area contributed by atoms with Gasteiger partial charge >= 0.3 is 0 Å². The first-order valence-electron chi connectivity index (χ1n) is 8.05. The van der Waals surface area contributed by atoms with Crippen LogP contribution in [0.1, 0.15) is 54.2 Å². The minimum Gasteiger partial charge on any atom is -0.425 e. The fourth-order valence-corrected chi connectivity index (χ4v) is 3.97. The van der Waals surface area contributed by atoms with Crippen molar-refractivity contribution in [2.75, 3.05) is 13.1 Å². The first kappa shape index (κ1) is 14.3. The lowest BCUT2D eigenvalue weighted by atomic mass is 9.80.